The summed E-state index contributed by atoms with van der Waals surface area (Å²) in [6.07, 6.45) is -0.425. The number of thiocarbonyl (C=S) groups is 1. The number of hydrogen-bond donors (Lipinski definition) is 3. The van der Waals surface area contributed by atoms with E-state index in [0.717, 1.165) is 0 Å². The van der Waals surface area contributed by atoms with Crippen LogP contribution in [0.25, 0.3) is 0 Å². The Morgan fingerprint density at radius 2 is 1.77 bits per heavy atom. The van der Waals surface area contributed by atoms with E-state index in [0.29, 0.717) is 18.2 Å². The second kappa shape index (κ2) is 8.58. The van der Waals surface area contributed by atoms with Crippen molar-refractivity contribution in [1.82, 2.24) is 16.0 Å². The number of alkyl carbamates (subject to hydrolysis) is 1. The van der Waals surface area contributed by atoms with Crippen LogP contribution in [-0.2, 0) is 4.74 Å². The fourth-order valence-electron chi connectivity index (χ4n) is 1.73. The molecule has 6 heteroatoms. The summed E-state index contributed by atoms with van der Waals surface area (Å²) >= 11 is 5.23. The van der Waals surface area contributed by atoms with Crippen molar-refractivity contribution in [2.45, 2.75) is 39.3 Å². The van der Waals surface area contributed by atoms with E-state index >= 15 is 0 Å². The lowest BCUT2D eigenvalue weighted by atomic mass is 10.1. The zero-order valence-electron chi connectivity index (χ0n) is 13.6. The van der Waals surface area contributed by atoms with Crippen molar-refractivity contribution in [3.05, 3.63) is 35.9 Å². The zero-order valence-corrected chi connectivity index (χ0v) is 14.4. The van der Waals surface area contributed by atoms with Gasteiger partial charge in [0, 0.05) is 13.1 Å². The maximum atomic E-state index is 11.5. The van der Waals surface area contributed by atoms with Crippen LogP contribution in [0.2, 0.25) is 0 Å². The van der Waals surface area contributed by atoms with Crippen molar-refractivity contribution in [3.8, 4) is 0 Å². The molecule has 22 heavy (non-hydrogen) atoms. The molecule has 0 aliphatic carbocycles. The normalized spacial score (nSPS) is 12.2. The Morgan fingerprint density at radius 1 is 1.18 bits per heavy atom. The molecule has 1 rings (SSSR count). The first-order valence-electron chi connectivity index (χ1n) is 7.34. The van der Waals surface area contributed by atoms with E-state index in [-0.39, 0.29) is 6.04 Å². The van der Waals surface area contributed by atoms with E-state index in [2.05, 4.69) is 16.0 Å². The molecule has 1 amide bonds. The predicted molar refractivity (Wildman–Crippen MR) is 92.8 cm³/mol. The summed E-state index contributed by atoms with van der Waals surface area (Å²) < 4.78 is 5.14. The average molecular weight is 323 g/mol. The highest BCUT2D eigenvalue weighted by Gasteiger charge is 2.15. The fraction of sp³-hybridized carbons (Fsp3) is 0.500. The van der Waals surface area contributed by atoms with E-state index in [9.17, 15) is 4.79 Å². The highest BCUT2D eigenvalue weighted by atomic mass is 32.1. The number of rotatable bonds is 5. The van der Waals surface area contributed by atoms with Crippen LogP contribution in [-0.4, -0.2) is 29.9 Å². The number of carbonyl (C=O) groups excluding carboxylic acids is 1. The van der Waals surface area contributed by atoms with Crippen LogP contribution in [0, 0.1) is 0 Å². The third-order valence-corrected chi connectivity index (χ3v) is 2.99. The van der Waals surface area contributed by atoms with Gasteiger partial charge in [-0.3, -0.25) is 0 Å². The van der Waals surface area contributed by atoms with Gasteiger partial charge in [-0.1, -0.05) is 30.3 Å². The van der Waals surface area contributed by atoms with E-state index in [1.54, 1.807) is 0 Å². The first-order chi connectivity index (χ1) is 10.3. The molecule has 0 aliphatic heterocycles. The molecular weight excluding hydrogens is 298 g/mol. The summed E-state index contributed by atoms with van der Waals surface area (Å²) in [6, 6.07) is 10.2. The van der Waals surface area contributed by atoms with Crippen molar-refractivity contribution in [3.63, 3.8) is 0 Å². The Balaban J connectivity index is 2.20. The number of carbonyl (C=O) groups is 1. The molecular formula is C16H25N3O2S. The predicted octanol–water partition coefficient (Wildman–Crippen LogP) is 2.74. The molecule has 0 bridgehead atoms. The Morgan fingerprint density at radius 3 is 2.36 bits per heavy atom. The molecule has 0 aliphatic rings. The molecule has 0 unspecified atom stereocenters. The molecule has 1 aromatic carbocycles. The molecule has 0 radical (unpaired) electrons. The zero-order chi connectivity index (χ0) is 16.6. The van der Waals surface area contributed by atoms with Gasteiger partial charge in [0.2, 0.25) is 0 Å². The first-order valence-corrected chi connectivity index (χ1v) is 7.75. The van der Waals surface area contributed by atoms with Crippen LogP contribution in [0.3, 0.4) is 0 Å². The summed E-state index contributed by atoms with van der Waals surface area (Å²) in [4.78, 5) is 11.5. The van der Waals surface area contributed by atoms with Crippen LogP contribution >= 0.6 is 12.2 Å². The molecule has 1 aromatic rings. The van der Waals surface area contributed by atoms with Crippen molar-refractivity contribution >= 4 is 23.4 Å². The molecule has 5 nitrogen and oxygen atoms in total. The third-order valence-electron chi connectivity index (χ3n) is 2.73. The maximum absolute atomic E-state index is 11.5. The Kier molecular flexibility index (Phi) is 7.11. The van der Waals surface area contributed by atoms with Gasteiger partial charge in [-0.05, 0) is 45.5 Å². The molecule has 122 valence electrons. The molecule has 0 fully saturated rings. The van der Waals surface area contributed by atoms with Crippen LogP contribution in [0.4, 0.5) is 4.79 Å². The van der Waals surface area contributed by atoms with Crippen molar-refractivity contribution in [1.29, 1.82) is 0 Å². The monoisotopic (exact) mass is 323 g/mol. The van der Waals surface area contributed by atoms with Gasteiger partial charge in [0.25, 0.3) is 0 Å². The number of nitrogens with one attached hydrogen (secondary N) is 3. The maximum Gasteiger partial charge on any atom is 0.407 e. The summed E-state index contributed by atoms with van der Waals surface area (Å²) in [6.45, 7) is 8.50. The highest BCUT2D eigenvalue weighted by molar-refractivity contribution is 7.80. The molecule has 0 aromatic heterocycles. The number of benzene rings is 1. The standard InChI is InChI=1S/C16H25N3O2S/c1-12(13-8-6-5-7-9-13)19-14(22)17-10-11-18-15(20)21-16(2,3)4/h5-9,12H,10-11H2,1-4H3,(H,18,20)(H2,17,19,22)/t12-/m0/s1. The quantitative estimate of drug-likeness (QED) is 0.574. The molecule has 3 N–H and O–H groups in total. The summed E-state index contributed by atoms with van der Waals surface area (Å²) in [5, 5.41) is 9.48. The summed E-state index contributed by atoms with van der Waals surface area (Å²) in [5.74, 6) is 0. The average Bonchev–Trinajstić information content (AvgIpc) is 2.42. The second-order valence-electron chi connectivity index (χ2n) is 5.96. The Hall–Kier alpha value is -1.82. The van der Waals surface area contributed by atoms with Crippen LogP contribution < -0.4 is 16.0 Å². The van der Waals surface area contributed by atoms with Gasteiger partial charge < -0.3 is 20.7 Å². The summed E-state index contributed by atoms with van der Waals surface area (Å²) in [5.41, 5.74) is 0.679. The molecule has 0 heterocycles. The van der Waals surface area contributed by atoms with E-state index in [1.165, 1.54) is 5.56 Å². The molecule has 0 saturated heterocycles. The lowest BCUT2D eigenvalue weighted by Gasteiger charge is -2.20. The smallest absolute Gasteiger partial charge is 0.407 e. The topological polar surface area (TPSA) is 62.4 Å². The minimum absolute atomic E-state index is 0.125. The molecule has 0 saturated carbocycles. The van der Waals surface area contributed by atoms with E-state index in [1.807, 2.05) is 58.0 Å². The van der Waals surface area contributed by atoms with Gasteiger partial charge in [-0.2, -0.15) is 0 Å². The molecule has 0 spiro atoms. The highest BCUT2D eigenvalue weighted by Crippen LogP contribution is 2.10. The van der Waals surface area contributed by atoms with Crippen molar-refractivity contribution in [2.75, 3.05) is 13.1 Å². The number of hydrogen-bond acceptors (Lipinski definition) is 3. The second-order valence-corrected chi connectivity index (χ2v) is 6.37. The SMILES string of the molecule is C[C@H](NC(=S)NCCNC(=O)OC(C)(C)C)c1ccccc1. The lowest BCUT2D eigenvalue weighted by molar-refractivity contribution is 0.0529. The first kappa shape index (κ1) is 18.2. The van der Waals surface area contributed by atoms with Gasteiger partial charge in [0.05, 0.1) is 6.04 Å². The van der Waals surface area contributed by atoms with E-state index in [4.69, 9.17) is 17.0 Å². The van der Waals surface area contributed by atoms with Gasteiger partial charge in [-0.25, -0.2) is 4.79 Å². The van der Waals surface area contributed by atoms with Crippen molar-refractivity contribution < 1.29 is 9.53 Å². The summed E-state index contributed by atoms with van der Waals surface area (Å²) in [7, 11) is 0. The van der Waals surface area contributed by atoms with E-state index < -0.39 is 11.7 Å². The van der Waals surface area contributed by atoms with Gasteiger partial charge in [0.15, 0.2) is 5.11 Å². The van der Waals surface area contributed by atoms with Gasteiger partial charge >= 0.3 is 6.09 Å². The number of ether oxygens (including phenoxy) is 1. The minimum Gasteiger partial charge on any atom is -0.444 e. The van der Waals surface area contributed by atoms with Crippen LogP contribution in [0.5, 0.6) is 0 Å². The van der Waals surface area contributed by atoms with Crippen molar-refractivity contribution in [2.24, 2.45) is 0 Å². The Bertz CT molecular complexity index is 486. The molecule has 1 atom stereocenters. The third kappa shape index (κ3) is 7.83. The fourth-order valence-corrected chi connectivity index (χ4v) is 2.01. The van der Waals surface area contributed by atoms with Gasteiger partial charge in [0.1, 0.15) is 5.60 Å². The van der Waals surface area contributed by atoms with Crippen LogP contribution in [0.15, 0.2) is 30.3 Å². The minimum atomic E-state index is -0.487. The van der Waals surface area contributed by atoms with Crippen LogP contribution in [0.1, 0.15) is 39.3 Å². The van der Waals surface area contributed by atoms with Gasteiger partial charge in [-0.15, -0.1) is 0 Å². The Labute approximate surface area is 137 Å². The number of amides is 1. The largest absolute Gasteiger partial charge is 0.444 e. The lowest BCUT2D eigenvalue weighted by Crippen LogP contribution is -2.42.